The number of carbonyl (C=O) groups is 1. The van der Waals surface area contributed by atoms with Crippen LogP contribution >= 0.6 is 0 Å². The first kappa shape index (κ1) is 22.5. The third-order valence-corrected chi connectivity index (χ3v) is 8.40. The zero-order valence-electron chi connectivity index (χ0n) is 19.2. The molecular formula is C24H44N4O2. The lowest BCUT2D eigenvalue weighted by Crippen LogP contribution is -2.63. The minimum absolute atomic E-state index is 0.185. The topological polar surface area (TPSA) is 65.6 Å². The van der Waals surface area contributed by atoms with E-state index < -0.39 is 0 Å². The number of nitrogens with one attached hydrogen (secondary N) is 3. The van der Waals surface area contributed by atoms with Gasteiger partial charge in [0.05, 0.1) is 6.10 Å². The van der Waals surface area contributed by atoms with Crippen LogP contribution in [0.3, 0.4) is 0 Å². The number of carbonyl (C=O) groups excluding carboxylic acids is 1. The molecule has 4 rings (SSSR count). The average molecular weight is 421 g/mol. The molecule has 3 N–H and O–H groups in total. The van der Waals surface area contributed by atoms with Crippen LogP contribution < -0.4 is 16.0 Å². The van der Waals surface area contributed by atoms with Crippen LogP contribution in [0.25, 0.3) is 0 Å². The summed E-state index contributed by atoms with van der Waals surface area (Å²) >= 11 is 0. The summed E-state index contributed by atoms with van der Waals surface area (Å²) in [6.07, 6.45) is 13.7. The molecule has 172 valence electrons. The Bertz CT molecular complexity index is 543. The lowest BCUT2D eigenvalue weighted by atomic mass is 9.78. The Morgan fingerprint density at radius 3 is 2.40 bits per heavy atom. The standard InChI is InChI=1S/C24H44N4O2/c1-17-6-3-4-13-28(17)23(29)19-7-5-8-21(14-19)27-24-25-15-20(16-26-24)18-9-11-22(30-2)12-10-18/h17-22,24-27H,3-16H2,1-2H3. The lowest BCUT2D eigenvalue weighted by Gasteiger charge is -2.41. The molecule has 4 fully saturated rings. The van der Waals surface area contributed by atoms with Crippen LogP contribution in [0, 0.1) is 17.8 Å². The van der Waals surface area contributed by atoms with Crippen LogP contribution in [0.5, 0.6) is 0 Å². The molecule has 2 heterocycles. The second kappa shape index (κ2) is 10.8. The summed E-state index contributed by atoms with van der Waals surface area (Å²) in [5, 5.41) is 11.2. The number of piperidine rings is 1. The second-order valence-corrected chi connectivity index (χ2v) is 10.4. The predicted octanol–water partition coefficient (Wildman–Crippen LogP) is 2.83. The predicted molar refractivity (Wildman–Crippen MR) is 120 cm³/mol. The van der Waals surface area contributed by atoms with Crippen LogP contribution in [0.15, 0.2) is 0 Å². The number of likely N-dealkylation sites (tertiary alicyclic amines) is 1. The Balaban J connectivity index is 1.20. The zero-order chi connectivity index (χ0) is 20.9. The maximum Gasteiger partial charge on any atom is 0.225 e. The maximum absolute atomic E-state index is 13.1. The van der Waals surface area contributed by atoms with Crippen molar-refractivity contribution in [3.63, 3.8) is 0 Å². The summed E-state index contributed by atoms with van der Waals surface area (Å²) < 4.78 is 5.53. The molecule has 0 aromatic rings. The summed E-state index contributed by atoms with van der Waals surface area (Å²) in [5.74, 6) is 2.18. The van der Waals surface area contributed by atoms with E-state index in [0.29, 0.717) is 24.1 Å². The number of methoxy groups -OCH3 is 1. The molecule has 2 saturated carbocycles. The first-order chi connectivity index (χ1) is 14.6. The van der Waals surface area contributed by atoms with Gasteiger partial charge in [-0.15, -0.1) is 0 Å². The highest BCUT2D eigenvalue weighted by Gasteiger charge is 2.35. The minimum atomic E-state index is 0.185. The average Bonchev–Trinajstić information content (AvgIpc) is 2.80. The number of rotatable bonds is 5. The van der Waals surface area contributed by atoms with E-state index in [1.165, 1.54) is 51.4 Å². The van der Waals surface area contributed by atoms with E-state index in [1.807, 2.05) is 7.11 Å². The molecule has 2 aliphatic heterocycles. The van der Waals surface area contributed by atoms with Crippen molar-refractivity contribution in [1.29, 1.82) is 0 Å². The number of nitrogens with zero attached hydrogens (tertiary/aromatic N) is 1. The van der Waals surface area contributed by atoms with Crippen LogP contribution in [0.4, 0.5) is 0 Å². The molecule has 3 atom stereocenters. The van der Waals surface area contributed by atoms with Gasteiger partial charge in [-0.2, -0.15) is 0 Å². The summed E-state index contributed by atoms with van der Waals surface area (Å²) in [5.41, 5.74) is 0. The van der Waals surface area contributed by atoms with Gasteiger partial charge in [-0.1, -0.05) is 6.42 Å². The fourth-order valence-electron chi connectivity index (χ4n) is 6.39. The highest BCUT2D eigenvalue weighted by Crippen LogP contribution is 2.32. The monoisotopic (exact) mass is 420 g/mol. The summed E-state index contributed by atoms with van der Waals surface area (Å²) in [6, 6.07) is 0.864. The van der Waals surface area contributed by atoms with Crippen LogP contribution in [0.1, 0.15) is 77.6 Å². The molecule has 0 spiro atoms. The van der Waals surface area contributed by atoms with Crippen molar-refractivity contribution >= 4 is 5.91 Å². The second-order valence-electron chi connectivity index (χ2n) is 10.4. The Labute approximate surface area is 183 Å². The van der Waals surface area contributed by atoms with Crippen molar-refractivity contribution in [1.82, 2.24) is 20.9 Å². The highest BCUT2D eigenvalue weighted by molar-refractivity contribution is 5.79. The molecule has 0 bridgehead atoms. The molecule has 6 heteroatoms. The Kier molecular flexibility index (Phi) is 8.07. The molecule has 2 saturated heterocycles. The van der Waals surface area contributed by atoms with E-state index in [1.54, 1.807) is 0 Å². The molecule has 0 aromatic heterocycles. The molecule has 2 aliphatic carbocycles. The van der Waals surface area contributed by atoms with Gasteiger partial charge in [0.15, 0.2) is 0 Å². The molecule has 4 aliphatic rings. The van der Waals surface area contributed by atoms with Gasteiger partial charge in [-0.25, -0.2) is 0 Å². The first-order valence-electron chi connectivity index (χ1n) is 12.7. The van der Waals surface area contributed by atoms with Gasteiger partial charge in [0.2, 0.25) is 5.91 Å². The molecule has 30 heavy (non-hydrogen) atoms. The van der Waals surface area contributed by atoms with Crippen molar-refractivity contribution < 1.29 is 9.53 Å². The zero-order valence-corrected chi connectivity index (χ0v) is 19.2. The molecular weight excluding hydrogens is 376 g/mol. The van der Waals surface area contributed by atoms with Crippen molar-refractivity contribution in [2.24, 2.45) is 17.8 Å². The maximum atomic E-state index is 13.1. The SMILES string of the molecule is COC1CCC(C2CNC(NC3CCCC(C(=O)N4CCCCC4C)C3)NC2)CC1. The van der Waals surface area contributed by atoms with Crippen molar-refractivity contribution in [2.75, 3.05) is 26.7 Å². The minimum Gasteiger partial charge on any atom is -0.381 e. The van der Waals surface area contributed by atoms with Crippen LogP contribution in [-0.2, 0) is 9.53 Å². The smallest absolute Gasteiger partial charge is 0.225 e. The summed E-state index contributed by atoms with van der Waals surface area (Å²) in [7, 11) is 1.85. The largest absolute Gasteiger partial charge is 0.381 e. The molecule has 0 aromatic carbocycles. The van der Waals surface area contributed by atoms with Crippen molar-refractivity contribution in [3.8, 4) is 0 Å². The molecule has 0 radical (unpaired) electrons. The van der Waals surface area contributed by atoms with E-state index in [-0.39, 0.29) is 12.2 Å². The van der Waals surface area contributed by atoms with E-state index in [9.17, 15) is 4.79 Å². The van der Waals surface area contributed by atoms with E-state index in [4.69, 9.17) is 4.74 Å². The Hall–Kier alpha value is -0.690. The molecule has 3 unspecified atom stereocenters. The third kappa shape index (κ3) is 5.56. The lowest BCUT2D eigenvalue weighted by molar-refractivity contribution is -0.140. The van der Waals surface area contributed by atoms with E-state index in [2.05, 4.69) is 27.8 Å². The molecule has 1 amide bonds. The van der Waals surface area contributed by atoms with Gasteiger partial charge in [0, 0.05) is 44.7 Å². The van der Waals surface area contributed by atoms with Gasteiger partial charge in [-0.3, -0.25) is 20.7 Å². The molecule has 6 nitrogen and oxygen atoms in total. The number of amides is 1. The Morgan fingerprint density at radius 2 is 1.70 bits per heavy atom. The van der Waals surface area contributed by atoms with E-state index >= 15 is 0 Å². The fraction of sp³-hybridized carbons (Fsp3) is 0.958. The Morgan fingerprint density at radius 1 is 0.933 bits per heavy atom. The van der Waals surface area contributed by atoms with Gasteiger partial charge in [0.25, 0.3) is 0 Å². The van der Waals surface area contributed by atoms with Crippen LogP contribution in [-0.4, -0.2) is 62.0 Å². The number of ether oxygens (including phenoxy) is 1. The fourth-order valence-corrected chi connectivity index (χ4v) is 6.39. The van der Waals surface area contributed by atoms with Gasteiger partial charge in [0.1, 0.15) is 6.29 Å². The normalized spacial score (nSPS) is 40.9. The van der Waals surface area contributed by atoms with Crippen molar-refractivity contribution in [3.05, 3.63) is 0 Å². The van der Waals surface area contributed by atoms with E-state index in [0.717, 1.165) is 50.7 Å². The first-order valence-corrected chi connectivity index (χ1v) is 12.7. The number of hydrogen-bond acceptors (Lipinski definition) is 5. The van der Waals surface area contributed by atoms with Crippen LogP contribution in [0.2, 0.25) is 0 Å². The van der Waals surface area contributed by atoms with Gasteiger partial charge >= 0.3 is 0 Å². The summed E-state index contributed by atoms with van der Waals surface area (Å²) in [4.78, 5) is 15.3. The van der Waals surface area contributed by atoms with Crippen molar-refractivity contribution in [2.45, 2.75) is 102 Å². The quantitative estimate of drug-likeness (QED) is 0.638. The number of hydrogen-bond donors (Lipinski definition) is 3. The van der Waals surface area contributed by atoms with Gasteiger partial charge in [-0.05, 0) is 83.0 Å². The highest BCUT2D eigenvalue weighted by atomic mass is 16.5. The third-order valence-electron chi connectivity index (χ3n) is 8.40. The summed E-state index contributed by atoms with van der Waals surface area (Å²) in [6.45, 7) is 5.37. The van der Waals surface area contributed by atoms with Gasteiger partial charge < -0.3 is 9.64 Å².